The quantitative estimate of drug-likeness (QED) is 0.607. The minimum absolute atomic E-state index is 0.0813. The Kier molecular flexibility index (Phi) is 4.37. The van der Waals surface area contributed by atoms with E-state index in [1.807, 2.05) is 25.2 Å². The van der Waals surface area contributed by atoms with Gasteiger partial charge in [-0.3, -0.25) is 5.41 Å². The van der Waals surface area contributed by atoms with Crippen molar-refractivity contribution < 1.29 is 4.74 Å². The number of amidine groups is 1. The van der Waals surface area contributed by atoms with Crippen LogP contribution in [0.2, 0.25) is 0 Å². The highest BCUT2D eigenvalue weighted by Gasteiger charge is 2.14. The standard InChI is InChI=1S/C13H21N3O/c1-5-9(2)16(3)12-8-10(17-4)6-7-11(12)13(14)15/h6-9H,5H2,1-4H3,(H3,14,15). The number of nitrogens with two attached hydrogens (primary N) is 1. The Hall–Kier alpha value is -1.71. The van der Waals surface area contributed by atoms with Gasteiger partial charge in [-0.25, -0.2) is 0 Å². The maximum absolute atomic E-state index is 7.61. The molecule has 0 aliphatic rings. The van der Waals surface area contributed by atoms with Gasteiger partial charge in [0.1, 0.15) is 11.6 Å². The van der Waals surface area contributed by atoms with Crippen molar-refractivity contribution in [2.45, 2.75) is 26.3 Å². The Morgan fingerprint density at radius 2 is 2.18 bits per heavy atom. The minimum Gasteiger partial charge on any atom is -0.497 e. The van der Waals surface area contributed by atoms with Crippen LogP contribution in [0.25, 0.3) is 0 Å². The highest BCUT2D eigenvalue weighted by molar-refractivity contribution is 6.00. The lowest BCUT2D eigenvalue weighted by atomic mass is 10.1. The van der Waals surface area contributed by atoms with Gasteiger partial charge in [0.15, 0.2) is 0 Å². The van der Waals surface area contributed by atoms with Gasteiger partial charge in [0.25, 0.3) is 0 Å². The van der Waals surface area contributed by atoms with Crippen molar-refractivity contribution in [1.82, 2.24) is 0 Å². The summed E-state index contributed by atoms with van der Waals surface area (Å²) in [6.45, 7) is 4.28. The number of ether oxygens (including phenoxy) is 1. The maximum atomic E-state index is 7.61. The Bertz CT molecular complexity index is 404. The average molecular weight is 235 g/mol. The lowest BCUT2D eigenvalue weighted by Gasteiger charge is -2.28. The first-order chi connectivity index (χ1) is 8.01. The van der Waals surface area contributed by atoms with E-state index >= 15 is 0 Å². The van der Waals surface area contributed by atoms with E-state index in [4.69, 9.17) is 15.9 Å². The van der Waals surface area contributed by atoms with Gasteiger partial charge in [-0.15, -0.1) is 0 Å². The molecule has 0 spiro atoms. The number of methoxy groups -OCH3 is 1. The molecule has 0 saturated heterocycles. The molecule has 1 aromatic carbocycles. The molecular formula is C13H21N3O. The fourth-order valence-corrected chi connectivity index (χ4v) is 1.67. The first-order valence-corrected chi connectivity index (χ1v) is 5.76. The van der Waals surface area contributed by atoms with Gasteiger partial charge in [-0.1, -0.05) is 6.92 Å². The van der Waals surface area contributed by atoms with E-state index < -0.39 is 0 Å². The third-order valence-corrected chi connectivity index (χ3v) is 3.13. The SMILES string of the molecule is CCC(C)N(C)c1cc(OC)ccc1C(=N)N. The van der Waals surface area contributed by atoms with Gasteiger partial charge >= 0.3 is 0 Å². The van der Waals surface area contributed by atoms with E-state index in [9.17, 15) is 0 Å². The lowest BCUT2D eigenvalue weighted by Crippen LogP contribution is -2.30. The van der Waals surface area contributed by atoms with Gasteiger partial charge in [-0.05, 0) is 25.5 Å². The number of rotatable bonds is 5. The summed E-state index contributed by atoms with van der Waals surface area (Å²) in [4.78, 5) is 2.12. The molecule has 0 amide bonds. The predicted octanol–water partition coefficient (Wildman–Crippen LogP) is 2.21. The highest BCUT2D eigenvalue weighted by atomic mass is 16.5. The van der Waals surface area contributed by atoms with Gasteiger partial charge in [0.05, 0.1) is 12.8 Å². The Morgan fingerprint density at radius 3 is 2.65 bits per heavy atom. The molecule has 3 N–H and O–H groups in total. The third-order valence-electron chi connectivity index (χ3n) is 3.13. The number of hydrogen-bond donors (Lipinski definition) is 2. The van der Waals surface area contributed by atoms with Crippen LogP contribution in [0.1, 0.15) is 25.8 Å². The molecule has 1 atom stereocenters. The fraction of sp³-hybridized carbons (Fsp3) is 0.462. The minimum atomic E-state index is 0.0813. The number of nitrogens with one attached hydrogen (secondary N) is 1. The molecule has 1 rings (SSSR count). The van der Waals surface area contributed by atoms with E-state index in [0.29, 0.717) is 6.04 Å². The van der Waals surface area contributed by atoms with Gasteiger partial charge in [0, 0.05) is 24.7 Å². The third kappa shape index (κ3) is 2.90. The summed E-state index contributed by atoms with van der Waals surface area (Å²) >= 11 is 0. The number of hydrogen-bond acceptors (Lipinski definition) is 3. The second kappa shape index (κ2) is 5.57. The molecule has 4 nitrogen and oxygen atoms in total. The number of benzene rings is 1. The molecule has 0 aromatic heterocycles. The monoisotopic (exact) mass is 235 g/mol. The first kappa shape index (κ1) is 13.4. The van der Waals surface area contributed by atoms with Crippen molar-refractivity contribution in [3.05, 3.63) is 23.8 Å². The molecule has 0 aliphatic heterocycles. The summed E-state index contributed by atoms with van der Waals surface area (Å²) in [6, 6.07) is 5.96. The van der Waals surface area contributed by atoms with E-state index in [1.165, 1.54) is 0 Å². The summed E-state index contributed by atoms with van der Waals surface area (Å²) in [7, 11) is 3.64. The van der Waals surface area contributed by atoms with Gasteiger partial charge in [0.2, 0.25) is 0 Å². The molecule has 0 heterocycles. The van der Waals surface area contributed by atoms with E-state index in [0.717, 1.165) is 23.4 Å². The molecule has 94 valence electrons. The number of nitrogens with zero attached hydrogens (tertiary/aromatic N) is 1. The molecule has 4 heteroatoms. The van der Waals surface area contributed by atoms with Crippen molar-refractivity contribution in [3.8, 4) is 5.75 Å². The molecule has 0 saturated carbocycles. The topological polar surface area (TPSA) is 62.3 Å². The molecule has 0 bridgehead atoms. The van der Waals surface area contributed by atoms with Gasteiger partial charge in [-0.2, -0.15) is 0 Å². The molecule has 17 heavy (non-hydrogen) atoms. The lowest BCUT2D eigenvalue weighted by molar-refractivity contribution is 0.414. The summed E-state index contributed by atoms with van der Waals surface area (Å²) in [6.07, 6.45) is 1.03. The van der Waals surface area contributed by atoms with Crippen LogP contribution in [0.15, 0.2) is 18.2 Å². The van der Waals surface area contributed by atoms with E-state index in [1.54, 1.807) is 7.11 Å². The first-order valence-electron chi connectivity index (χ1n) is 5.76. The zero-order valence-electron chi connectivity index (χ0n) is 10.9. The van der Waals surface area contributed by atoms with Crippen LogP contribution in [0, 0.1) is 5.41 Å². The Balaban J connectivity index is 3.21. The van der Waals surface area contributed by atoms with Crippen molar-refractivity contribution in [2.24, 2.45) is 5.73 Å². The van der Waals surface area contributed by atoms with E-state index in [-0.39, 0.29) is 5.84 Å². The summed E-state index contributed by atoms with van der Waals surface area (Å²) in [5.41, 5.74) is 7.28. The zero-order chi connectivity index (χ0) is 13.0. The van der Waals surface area contributed by atoms with Crippen molar-refractivity contribution in [3.63, 3.8) is 0 Å². The number of anilines is 1. The molecule has 1 aromatic rings. The second-order valence-electron chi connectivity index (χ2n) is 4.16. The van der Waals surface area contributed by atoms with Crippen LogP contribution in [-0.4, -0.2) is 26.0 Å². The summed E-state index contributed by atoms with van der Waals surface area (Å²) < 4.78 is 5.22. The van der Waals surface area contributed by atoms with Crippen LogP contribution in [0.3, 0.4) is 0 Å². The summed E-state index contributed by atoms with van der Waals surface area (Å²) in [5, 5.41) is 7.61. The largest absolute Gasteiger partial charge is 0.497 e. The van der Waals surface area contributed by atoms with Crippen molar-refractivity contribution >= 4 is 11.5 Å². The molecule has 0 fully saturated rings. The van der Waals surface area contributed by atoms with Gasteiger partial charge < -0.3 is 15.4 Å². The van der Waals surface area contributed by atoms with Crippen molar-refractivity contribution in [2.75, 3.05) is 19.1 Å². The van der Waals surface area contributed by atoms with E-state index in [2.05, 4.69) is 18.7 Å². The molecule has 1 unspecified atom stereocenters. The maximum Gasteiger partial charge on any atom is 0.124 e. The normalized spacial score (nSPS) is 12.0. The predicted molar refractivity (Wildman–Crippen MR) is 72.2 cm³/mol. The Labute approximate surface area is 103 Å². The van der Waals surface area contributed by atoms with Crippen molar-refractivity contribution in [1.29, 1.82) is 5.41 Å². The zero-order valence-corrected chi connectivity index (χ0v) is 10.9. The fourth-order valence-electron chi connectivity index (χ4n) is 1.67. The van der Waals surface area contributed by atoms with Crippen LogP contribution in [0.4, 0.5) is 5.69 Å². The smallest absolute Gasteiger partial charge is 0.124 e. The van der Waals surface area contributed by atoms with Crippen LogP contribution in [0.5, 0.6) is 5.75 Å². The summed E-state index contributed by atoms with van der Waals surface area (Å²) in [5.74, 6) is 0.859. The Morgan fingerprint density at radius 1 is 1.53 bits per heavy atom. The van der Waals surface area contributed by atoms with Crippen LogP contribution >= 0.6 is 0 Å². The molecule has 0 aliphatic carbocycles. The molecular weight excluding hydrogens is 214 g/mol. The average Bonchev–Trinajstić information content (AvgIpc) is 2.35. The highest BCUT2D eigenvalue weighted by Crippen LogP contribution is 2.27. The second-order valence-corrected chi connectivity index (χ2v) is 4.16. The molecule has 0 radical (unpaired) electrons. The number of nitrogen functional groups attached to an aromatic ring is 1. The van der Waals surface area contributed by atoms with Crippen LogP contribution in [-0.2, 0) is 0 Å². The van der Waals surface area contributed by atoms with Crippen LogP contribution < -0.4 is 15.4 Å².